The molecule has 0 saturated heterocycles. The largest absolute Gasteiger partial charge is 0.0861 e. The van der Waals surface area contributed by atoms with Crippen LogP contribution in [0.2, 0.25) is 6.32 Å². The summed E-state index contributed by atoms with van der Waals surface area (Å²) in [5.74, 6) is 0. The van der Waals surface area contributed by atoms with Gasteiger partial charge in [0, 0.05) is 0 Å². The second-order valence-corrected chi connectivity index (χ2v) is 1.96. The molecule has 0 bridgehead atoms. The highest BCUT2D eigenvalue weighted by molar-refractivity contribution is 6.10. The van der Waals surface area contributed by atoms with Gasteiger partial charge in [-0.05, 0) is 19.3 Å². The highest BCUT2D eigenvalue weighted by Crippen LogP contribution is 2.18. The number of allylic oxidation sites excluding steroid dienone is 2. The van der Waals surface area contributed by atoms with Crippen LogP contribution in [-0.4, -0.2) is 7.85 Å². The molecule has 0 saturated carbocycles. The van der Waals surface area contributed by atoms with E-state index in [1.54, 1.807) is 0 Å². The van der Waals surface area contributed by atoms with E-state index in [0.29, 0.717) is 0 Å². The van der Waals surface area contributed by atoms with Crippen molar-refractivity contribution in [3.63, 3.8) is 0 Å². The van der Waals surface area contributed by atoms with Gasteiger partial charge in [-0.15, -0.1) is 0 Å². The van der Waals surface area contributed by atoms with Gasteiger partial charge in [0.15, 0.2) is 0 Å². The van der Waals surface area contributed by atoms with Crippen LogP contribution in [0.25, 0.3) is 0 Å². The lowest BCUT2D eigenvalue weighted by molar-refractivity contribution is 0.906. The maximum absolute atomic E-state index is 5.37. The van der Waals surface area contributed by atoms with Crippen molar-refractivity contribution in [1.29, 1.82) is 0 Å². The fraction of sp³-hybridized carbons (Fsp3) is 0.667. The minimum absolute atomic E-state index is 0.778. The Morgan fingerprint density at radius 2 is 2.57 bits per heavy atom. The van der Waals surface area contributed by atoms with Crippen LogP contribution in [0.15, 0.2) is 11.6 Å². The van der Waals surface area contributed by atoms with Gasteiger partial charge in [0.1, 0.15) is 0 Å². The van der Waals surface area contributed by atoms with Gasteiger partial charge in [-0.25, -0.2) is 0 Å². The molecule has 1 rings (SSSR count). The van der Waals surface area contributed by atoms with E-state index in [2.05, 4.69) is 6.08 Å². The third-order valence-electron chi connectivity index (χ3n) is 1.40. The molecule has 0 heterocycles. The van der Waals surface area contributed by atoms with Gasteiger partial charge in [-0.1, -0.05) is 18.0 Å². The molecule has 1 heteroatoms. The first-order chi connectivity index (χ1) is 3.43. The standard InChI is InChI=1S/C6H9B/c7-5-6-3-1-2-4-6/h3H,1-2,4-5H2. The van der Waals surface area contributed by atoms with E-state index in [9.17, 15) is 0 Å². The molecule has 0 unspecified atom stereocenters. The van der Waals surface area contributed by atoms with Gasteiger partial charge in [0.05, 0.1) is 7.85 Å². The molecule has 0 aliphatic heterocycles. The molecule has 0 aromatic carbocycles. The SMILES string of the molecule is [B]CC1=CCCC1. The van der Waals surface area contributed by atoms with Crippen molar-refractivity contribution in [2.45, 2.75) is 25.6 Å². The van der Waals surface area contributed by atoms with Crippen LogP contribution in [0.5, 0.6) is 0 Å². The Morgan fingerprint density at radius 1 is 1.71 bits per heavy atom. The van der Waals surface area contributed by atoms with Crippen molar-refractivity contribution in [3.8, 4) is 0 Å². The molecule has 0 aromatic heterocycles. The van der Waals surface area contributed by atoms with Crippen LogP contribution in [0, 0.1) is 0 Å². The summed E-state index contributed by atoms with van der Waals surface area (Å²) in [4.78, 5) is 0. The average Bonchev–Trinajstić information content (AvgIpc) is 2.14. The molecule has 0 aromatic rings. The molecule has 7 heavy (non-hydrogen) atoms. The quantitative estimate of drug-likeness (QED) is 0.341. The Hall–Kier alpha value is -0.195. The van der Waals surface area contributed by atoms with Crippen molar-refractivity contribution in [2.24, 2.45) is 0 Å². The van der Waals surface area contributed by atoms with Gasteiger partial charge in [-0.3, -0.25) is 0 Å². The van der Waals surface area contributed by atoms with Crippen LogP contribution in [0.1, 0.15) is 19.3 Å². The number of hydrogen-bond donors (Lipinski definition) is 0. The van der Waals surface area contributed by atoms with Crippen LogP contribution in [0.4, 0.5) is 0 Å². The first-order valence-corrected chi connectivity index (χ1v) is 2.81. The predicted molar refractivity (Wildman–Crippen MR) is 32.5 cm³/mol. The molecule has 0 atom stereocenters. The van der Waals surface area contributed by atoms with Crippen molar-refractivity contribution >= 4 is 7.85 Å². The summed E-state index contributed by atoms with van der Waals surface area (Å²) < 4.78 is 0. The van der Waals surface area contributed by atoms with E-state index < -0.39 is 0 Å². The van der Waals surface area contributed by atoms with Gasteiger partial charge in [-0.2, -0.15) is 0 Å². The lowest BCUT2D eigenvalue weighted by atomic mass is 9.97. The molecule has 0 nitrogen and oxygen atoms in total. The molecular formula is C6H9B. The van der Waals surface area contributed by atoms with E-state index in [4.69, 9.17) is 7.85 Å². The number of hydrogen-bond acceptors (Lipinski definition) is 0. The predicted octanol–water partition coefficient (Wildman–Crippen LogP) is 1.68. The summed E-state index contributed by atoms with van der Waals surface area (Å²) >= 11 is 0. The Bertz CT molecular complexity index is 84.2. The fourth-order valence-corrected chi connectivity index (χ4v) is 0.923. The fourth-order valence-electron chi connectivity index (χ4n) is 0.923. The van der Waals surface area contributed by atoms with Crippen LogP contribution >= 0.6 is 0 Å². The Balaban J connectivity index is 2.36. The van der Waals surface area contributed by atoms with Gasteiger partial charge in [0.2, 0.25) is 0 Å². The van der Waals surface area contributed by atoms with Crippen LogP contribution in [0.3, 0.4) is 0 Å². The molecule has 2 radical (unpaired) electrons. The van der Waals surface area contributed by atoms with Crippen molar-refractivity contribution in [3.05, 3.63) is 11.6 Å². The lowest BCUT2D eigenvalue weighted by Crippen LogP contribution is -1.72. The van der Waals surface area contributed by atoms with E-state index >= 15 is 0 Å². The minimum atomic E-state index is 0.778. The molecule has 0 N–H and O–H groups in total. The first kappa shape index (κ1) is 4.95. The van der Waals surface area contributed by atoms with Crippen LogP contribution < -0.4 is 0 Å². The van der Waals surface area contributed by atoms with E-state index in [1.165, 1.54) is 24.8 Å². The molecule has 0 spiro atoms. The maximum Gasteiger partial charge on any atom is 0.0712 e. The normalized spacial score (nSPS) is 19.7. The Labute approximate surface area is 46.0 Å². The molecule has 0 fully saturated rings. The highest BCUT2D eigenvalue weighted by atomic mass is 14.0. The van der Waals surface area contributed by atoms with E-state index in [0.717, 1.165) is 6.32 Å². The summed E-state index contributed by atoms with van der Waals surface area (Å²) in [5.41, 5.74) is 1.44. The lowest BCUT2D eigenvalue weighted by Gasteiger charge is -1.89. The molecule has 1 aliphatic carbocycles. The summed E-state index contributed by atoms with van der Waals surface area (Å²) in [6, 6.07) is 0. The van der Waals surface area contributed by atoms with Crippen molar-refractivity contribution in [2.75, 3.05) is 0 Å². The average molecular weight is 92.0 g/mol. The summed E-state index contributed by atoms with van der Waals surface area (Å²) in [5, 5.41) is 0. The summed E-state index contributed by atoms with van der Waals surface area (Å²) in [6.45, 7) is 0. The zero-order valence-electron chi connectivity index (χ0n) is 4.48. The summed E-state index contributed by atoms with van der Waals surface area (Å²) in [6.07, 6.45) is 6.86. The highest BCUT2D eigenvalue weighted by Gasteiger charge is 1.98. The maximum atomic E-state index is 5.37. The van der Waals surface area contributed by atoms with Crippen molar-refractivity contribution < 1.29 is 0 Å². The monoisotopic (exact) mass is 92.1 g/mol. The minimum Gasteiger partial charge on any atom is -0.0861 e. The summed E-state index contributed by atoms with van der Waals surface area (Å²) in [7, 11) is 5.37. The third kappa shape index (κ3) is 1.08. The molecule has 1 aliphatic rings. The van der Waals surface area contributed by atoms with Crippen molar-refractivity contribution in [1.82, 2.24) is 0 Å². The Morgan fingerprint density at radius 3 is 2.86 bits per heavy atom. The van der Waals surface area contributed by atoms with Gasteiger partial charge < -0.3 is 0 Å². The Kier molecular flexibility index (Phi) is 1.56. The molecule has 0 amide bonds. The molecule has 36 valence electrons. The zero-order valence-corrected chi connectivity index (χ0v) is 4.48. The zero-order chi connectivity index (χ0) is 5.11. The van der Waals surface area contributed by atoms with E-state index in [1.807, 2.05) is 0 Å². The smallest absolute Gasteiger partial charge is 0.0712 e. The second-order valence-electron chi connectivity index (χ2n) is 1.96. The third-order valence-corrected chi connectivity index (χ3v) is 1.40. The topological polar surface area (TPSA) is 0 Å². The second kappa shape index (κ2) is 2.20. The van der Waals surface area contributed by atoms with Gasteiger partial charge >= 0.3 is 0 Å². The van der Waals surface area contributed by atoms with Crippen LogP contribution in [-0.2, 0) is 0 Å². The molecular weight excluding hydrogens is 82.9 g/mol. The first-order valence-electron chi connectivity index (χ1n) is 2.81. The van der Waals surface area contributed by atoms with Gasteiger partial charge in [0.25, 0.3) is 0 Å². The number of rotatable bonds is 1. The van der Waals surface area contributed by atoms with E-state index in [-0.39, 0.29) is 0 Å².